The zero-order valence-electron chi connectivity index (χ0n) is 18.2. The standard InChI is InChI=1S/C21H18F2N4O7S/c1-26-18(24)17(19(29)27(2)21(26)31)16(28)10-34-20(30)12-5-3-4-6-15(12)25-35(32,33)11-7-8-13(22)14(23)9-11/h3-9,25H,10,24H2,1-2H3. The number of anilines is 2. The molecule has 1 heterocycles. The predicted octanol–water partition coefficient (Wildman–Crippen LogP) is 0.785. The van der Waals surface area contributed by atoms with Crippen molar-refractivity contribution in [3.8, 4) is 0 Å². The fourth-order valence-corrected chi connectivity index (χ4v) is 4.09. The van der Waals surface area contributed by atoms with Crippen molar-refractivity contribution in [3.63, 3.8) is 0 Å². The van der Waals surface area contributed by atoms with Crippen LogP contribution in [-0.2, 0) is 28.9 Å². The number of aromatic nitrogens is 2. The first-order valence-electron chi connectivity index (χ1n) is 9.68. The molecule has 0 saturated carbocycles. The third-order valence-electron chi connectivity index (χ3n) is 4.92. The highest BCUT2D eigenvalue weighted by Gasteiger charge is 2.24. The normalized spacial score (nSPS) is 11.2. The van der Waals surface area contributed by atoms with Gasteiger partial charge in [-0.3, -0.25) is 23.4 Å². The van der Waals surface area contributed by atoms with Crippen molar-refractivity contribution in [3.05, 3.63) is 86.1 Å². The van der Waals surface area contributed by atoms with Crippen LogP contribution in [0.3, 0.4) is 0 Å². The Bertz CT molecular complexity index is 1580. The van der Waals surface area contributed by atoms with E-state index in [4.69, 9.17) is 10.5 Å². The molecule has 35 heavy (non-hydrogen) atoms. The van der Waals surface area contributed by atoms with Crippen molar-refractivity contribution < 1.29 is 31.5 Å². The first-order chi connectivity index (χ1) is 16.3. The molecule has 1 aromatic heterocycles. The Morgan fingerprint density at radius 3 is 2.34 bits per heavy atom. The van der Waals surface area contributed by atoms with Crippen LogP contribution in [0.1, 0.15) is 20.7 Å². The lowest BCUT2D eigenvalue weighted by Crippen LogP contribution is -2.42. The molecule has 3 N–H and O–H groups in total. The molecule has 0 aliphatic rings. The average Bonchev–Trinajstić information content (AvgIpc) is 2.81. The Morgan fingerprint density at radius 2 is 1.69 bits per heavy atom. The number of benzene rings is 2. The smallest absolute Gasteiger partial charge is 0.340 e. The number of esters is 1. The van der Waals surface area contributed by atoms with E-state index in [9.17, 15) is 36.4 Å². The number of carbonyl (C=O) groups is 2. The Kier molecular flexibility index (Phi) is 6.87. The number of nitrogens with two attached hydrogens (primary N) is 1. The summed E-state index contributed by atoms with van der Waals surface area (Å²) in [6.07, 6.45) is 0. The van der Waals surface area contributed by atoms with Crippen LogP contribution in [0.2, 0.25) is 0 Å². The maximum atomic E-state index is 13.5. The number of carbonyl (C=O) groups excluding carboxylic acids is 2. The van der Waals surface area contributed by atoms with Gasteiger partial charge in [0.15, 0.2) is 18.2 Å². The molecule has 0 bridgehead atoms. The third kappa shape index (κ3) is 4.96. The zero-order valence-corrected chi connectivity index (χ0v) is 19.1. The van der Waals surface area contributed by atoms with E-state index in [1.165, 1.54) is 31.3 Å². The number of hydrogen-bond donors (Lipinski definition) is 2. The van der Waals surface area contributed by atoms with Crippen molar-refractivity contribution in [2.24, 2.45) is 14.1 Å². The Hall–Kier alpha value is -4.33. The molecule has 2 aromatic carbocycles. The van der Waals surface area contributed by atoms with Gasteiger partial charge in [-0.15, -0.1) is 0 Å². The van der Waals surface area contributed by atoms with Crippen LogP contribution in [-0.4, -0.2) is 35.9 Å². The summed E-state index contributed by atoms with van der Waals surface area (Å²) in [5, 5.41) is 0. The largest absolute Gasteiger partial charge is 0.454 e. The first kappa shape index (κ1) is 25.3. The molecule has 184 valence electrons. The number of nitrogen functional groups attached to an aromatic ring is 1. The Balaban J connectivity index is 1.84. The SMILES string of the molecule is Cn1c(N)c(C(=O)COC(=O)c2ccccc2NS(=O)(=O)c2ccc(F)c(F)c2)c(=O)n(C)c1=O. The minimum Gasteiger partial charge on any atom is -0.454 e. The van der Waals surface area contributed by atoms with Crippen molar-refractivity contribution in [1.29, 1.82) is 0 Å². The van der Waals surface area contributed by atoms with Gasteiger partial charge in [0.1, 0.15) is 11.4 Å². The number of rotatable bonds is 7. The summed E-state index contributed by atoms with van der Waals surface area (Å²) in [5.41, 5.74) is 2.82. The van der Waals surface area contributed by atoms with Crippen LogP contribution in [0.5, 0.6) is 0 Å². The van der Waals surface area contributed by atoms with Gasteiger partial charge in [-0.05, 0) is 30.3 Å². The fraction of sp³-hybridized carbons (Fsp3) is 0.143. The molecule has 0 aliphatic carbocycles. The quantitative estimate of drug-likeness (QED) is 0.350. The van der Waals surface area contributed by atoms with Gasteiger partial charge >= 0.3 is 11.7 Å². The molecule has 0 saturated heterocycles. The van der Waals surface area contributed by atoms with E-state index in [0.717, 1.165) is 17.7 Å². The highest BCUT2D eigenvalue weighted by atomic mass is 32.2. The monoisotopic (exact) mass is 508 g/mol. The van der Waals surface area contributed by atoms with Crippen LogP contribution in [0.4, 0.5) is 20.3 Å². The number of Topliss-reactive ketones (excluding diaryl/α,β-unsaturated/α-hetero) is 1. The van der Waals surface area contributed by atoms with E-state index in [1.807, 2.05) is 0 Å². The second-order valence-corrected chi connectivity index (χ2v) is 8.87. The number of halogens is 2. The Labute approximate surface area is 196 Å². The van der Waals surface area contributed by atoms with E-state index < -0.39 is 67.5 Å². The molecule has 3 aromatic rings. The van der Waals surface area contributed by atoms with Crippen LogP contribution in [0.15, 0.2) is 56.9 Å². The summed E-state index contributed by atoms with van der Waals surface area (Å²) < 4.78 is 60.3. The molecule has 0 unspecified atom stereocenters. The second-order valence-electron chi connectivity index (χ2n) is 7.19. The molecule has 3 rings (SSSR count). The van der Waals surface area contributed by atoms with Crippen molar-refractivity contribution in [2.45, 2.75) is 4.90 Å². The predicted molar refractivity (Wildman–Crippen MR) is 120 cm³/mol. The molecule has 0 fully saturated rings. The minimum atomic E-state index is -4.43. The second kappa shape index (κ2) is 9.50. The highest BCUT2D eigenvalue weighted by Crippen LogP contribution is 2.22. The lowest BCUT2D eigenvalue weighted by Gasteiger charge is -2.13. The average molecular weight is 508 g/mol. The molecule has 14 heteroatoms. The van der Waals surface area contributed by atoms with Gasteiger partial charge in [0, 0.05) is 14.1 Å². The summed E-state index contributed by atoms with van der Waals surface area (Å²) in [6.45, 7) is -0.944. The van der Waals surface area contributed by atoms with Gasteiger partial charge in [0.2, 0.25) is 5.78 Å². The van der Waals surface area contributed by atoms with E-state index in [0.29, 0.717) is 16.7 Å². The number of hydrogen-bond acceptors (Lipinski definition) is 8. The number of ketones is 1. The molecule has 0 atom stereocenters. The maximum absolute atomic E-state index is 13.5. The number of para-hydroxylation sites is 1. The molecule has 0 aliphatic heterocycles. The molecule has 11 nitrogen and oxygen atoms in total. The highest BCUT2D eigenvalue weighted by molar-refractivity contribution is 7.92. The molecule has 0 radical (unpaired) electrons. The summed E-state index contributed by atoms with van der Waals surface area (Å²) in [6, 6.07) is 7.10. The van der Waals surface area contributed by atoms with Gasteiger partial charge in [0.05, 0.1) is 16.1 Å². The molecular weight excluding hydrogens is 490 g/mol. The minimum absolute atomic E-state index is 0.271. The van der Waals surface area contributed by atoms with Gasteiger partial charge < -0.3 is 10.5 Å². The van der Waals surface area contributed by atoms with Crippen LogP contribution >= 0.6 is 0 Å². The van der Waals surface area contributed by atoms with Gasteiger partial charge in [0.25, 0.3) is 15.6 Å². The number of nitrogens with one attached hydrogen (secondary N) is 1. The van der Waals surface area contributed by atoms with Gasteiger partial charge in [-0.25, -0.2) is 26.8 Å². The summed E-state index contributed by atoms with van der Waals surface area (Å²) >= 11 is 0. The zero-order chi connectivity index (χ0) is 26.1. The third-order valence-corrected chi connectivity index (χ3v) is 6.28. The van der Waals surface area contributed by atoms with Gasteiger partial charge in [-0.2, -0.15) is 0 Å². The van der Waals surface area contributed by atoms with Crippen molar-refractivity contribution >= 4 is 33.3 Å². The van der Waals surface area contributed by atoms with E-state index in [1.54, 1.807) is 0 Å². The lowest BCUT2D eigenvalue weighted by molar-refractivity contribution is 0.0475. The number of ether oxygens (including phenoxy) is 1. The Morgan fingerprint density at radius 1 is 1.03 bits per heavy atom. The van der Waals surface area contributed by atoms with Gasteiger partial charge in [-0.1, -0.05) is 12.1 Å². The molecule has 0 spiro atoms. The maximum Gasteiger partial charge on any atom is 0.340 e. The number of nitrogens with zero attached hydrogens (tertiary/aromatic N) is 2. The van der Waals surface area contributed by atoms with Crippen LogP contribution < -0.4 is 21.7 Å². The fourth-order valence-electron chi connectivity index (χ4n) is 3.00. The van der Waals surface area contributed by atoms with E-state index in [2.05, 4.69) is 4.72 Å². The molecule has 0 amide bonds. The van der Waals surface area contributed by atoms with Crippen molar-refractivity contribution in [1.82, 2.24) is 9.13 Å². The molecular formula is C21H18F2N4O7S. The topological polar surface area (TPSA) is 160 Å². The van der Waals surface area contributed by atoms with Crippen LogP contribution in [0, 0.1) is 11.6 Å². The van der Waals surface area contributed by atoms with Crippen LogP contribution in [0.25, 0.3) is 0 Å². The van der Waals surface area contributed by atoms with E-state index >= 15 is 0 Å². The summed E-state index contributed by atoms with van der Waals surface area (Å²) in [5.74, 6) is -5.18. The van der Waals surface area contributed by atoms with Crippen molar-refractivity contribution in [2.75, 3.05) is 17.1 Å². The lowest BCUT2D eigenvalue weighted by atomic mass is 10.2. The first-order valence-corrected chi connectivity index (χ1v) is 11.2. The number of sulfonamides is 1. The van der Waals surface area contributed by atoms with E-state index in [-0.39, 0.29) is 11.3 Å². The summed E-state index contributed by atoms with van der Waals surface area (Å²) in [7, 11) is -2.05. The summed E-state index contributed by atoms with van der Waals surface area (Å²) in [4.78, 5) is 48.7.